The van der Waals surface area contributed by atoms with Crippen molar-refractivity contribution >= 4 is 72.1 Å². The van der Waals surface area contributed by atoms with E-state index in [4.69, 9.17) is 9.97 Å². The Morgan fingerprint density at radius 3 is 2.08 bits per heavy atom. The highest BCUT2D eigenvalue weighted by molar-refractivity contribution is 6.21. The molecule has 3 heterocycles. The summed E-state index contributed by atoms with van der Waals surface area (Å²) in [4.78, 5) is 33.7. The van der Waals surface area contributed by atoms with Gasteiger partial charge in [-0.15, -0.1) is 0 Å². The van der Waals surface area contributed by atoms with E-state index in [1.54, 1.807) is 24.3 Å². The molecular formula is C30H20N6O. The summed E-state index contributed by atoms with van der Waals surface area (Å²) >= 11 is 0. The highest BCUT2D eigenvalue weighted by Crippen LogP contribution is 2.32. The Balaban J connectivity index is 1.29. The predicted octanol–water partition coefficient (Wildman–Crippen LogP) is 6.70. The van der Waals surface area contributed by atoms with Gasteiger partial charge >= 0.3 is 6.03 Å². The number of aromatic nitrogens is 4. The van der Waals surface area contributed by atoms with Crippen LogP contribution in [0.4, 0.5) is 16.2 Å². The molecule has 0 unspecified atom stereocenters. The molecule has 7 heteroatoms. The van der Waals surface area contributed by atoms with E-state index in [1.165, 1.54) is 0 Å². The van der Waals surface area contributed by atoms with Crippen LogP contribution < -0.4 is 10.2 Å². The van der Waals surface area contributed by atoms with E-state index in [0.717, 1.165) is 54.8 Å². The van der Waals surface area contributed by atoms with Crippen molar-refractivity contribution < 1.29 is 4.79 Å². The predicted molar refractivity (Wildman–Crippen MR) is 149 cm³/mol. The summed E-state index contributed by atoms with van der Waals surface area (Å²) in [7, 11) is 1.76. The summed E-state index contributed by atoms with van der Waals surface area (Å²) in [6.45, 7) is 0. The van der Waals surface area contributed by atoms with E-state index >= 15 is 0 Å². The third-order valence-electron chi connectivity index (χ3n) is 6.69. The van der Waals surface area contributed by atoms with Gasteiger partial charge in [-0.2, -0.15) is 0 Å². The summed E-state index contributed by atoms with van der Waals surface area (Å²) in [5, 5.41) is 7.01. The highest BCUT2D eigenvalue weighted by Gasteiger charge is 2.15. The van der Waals surface area contributed by atoms with E-state index in [0.29, 0.717) is 11.2 Å². The molecule has 37 heavy (non-hydrogen) atoms. The molecule has 0 aliphatic carbocycles. The maximum absolute atomic E-state index is 13.1. The van der Waals surface area contributed by atoms with Gasteiger partial charge in [0.2, 0.25) is 0 Å². The molecule has 0 spiro atoms. The summed E-state index contributed by atoms with van der Waals surface area (Å²) < 4.78 is 0. The van der Waals surface area contributed by atoms with Crippen LogP contribution in [0.2, 0.25) is 0 Å². The number of rotatable bonds is 2. The van der Waals surface area contributed by atoms with Crippen LogP contribution >= 0.6 is 0 Å². The van der Waals surface area contributed by atoms with Crippen LogP contribution in [0.5, 0.6) is 0 Å². The van der Waals surface area contributed by atoms with Gasteiger partial charge in [0.05, 0.1) is 33.1 Å². The number of pyridine rings is 2. The number of urea groups is 1. The fourth-order valence-corrected chi connectivity index (χ4v) is 4.79. The normalized spacial score (nSPS) is 11.5. The Kier molecular flexibility index (Phi) is 4.69. The number of hydrogen-bond acceptors (Lipinski definition) is 5. The lowest BCUT2D eigenvalue weighted by Gasteiger charge is -2.19. The topological polar surface area (TPSA) is 83.9 Å². The van der Waals surface area contributed by atoms with E-state index < -0.39 is 0 Å². The Morgan fingerprint density at radius 1 is 0.676 bits per heavy atom. The number of benzene rings is 4. The number of fused-ring (bicyclic) bond motifs is 8. The van der Waals surface area contributed by atoms with Crippen LogP contribution in [0.25, 0.3) is 54.6 Å². The molecule has 0 bridgehead atoms. The average molecular weight is 481 g/mol. The van der Waals surface area contributed by atoms with E-state index in [1.807, 2.05) is 78.9 Å². The van der Waals surface area contributed by atoms with E-state index in [9.17, 15) is 4.79 Å². The van der Waals surface area contributed by atoms with Gasteiger partial charge in [0, 0.05) is 41.6 Å². The van der Waals surface area contributed by atoms with Gasteiger partial charge in [0.25, 0.3) is 0 Å². The van der Waals surface area contributed by atoms with Crippen LogP contribution in [-0.4, -0.2) is 33.0 Å². The molecule has 0 radical (unpaired) electrons. The fourth-order valence-electron chi connectivity index (χ4n) is 4.79. The molecule has 7 aromatic rings. The number of nitrogens with one attached hydrogen (secondary N) is 1. The third-order valence-corrected chi connectivity index (χ3v) is 6.69. The van der Waals surface area contributed by atoms with Gasteiger partial charge in [0.1, 0.15) is 0 Å². The molecule has 0 saturated heterocycles. The van der Waals surface area contributed by atoms with Crippen molar-refractivity contribution in [1.29, 1.82) is 0 Å². The first-order valence-electron chi connectivity index (χ1n) is 11.9. The summed E-state index contributed by atoms with van der Waals surface area (Å²) in [6.07, 6.45) is 3.52. The maximum atomic E-state index is 13.1. The van der Waals surface area contributed by atoms with Gasteiger partial charge < -0.3 is 5.32 Å². The van der Waals surface area contributed by atoms with Gasteiger partial charge in [-0.05, 0) is 65.4 Å². The summed E-state index contributed by atoms with van der Waals surface area (Å²) in [5.41, 5.74) is 6.01. The second-order valence-electron chi connectivity index (χ2n) is 8.94. The number of hydrogen-bond donors (Lipinski definition) is 1. The number of anilines is 2. The van der Waals surface area contributed by atoms with Crippen molar-refractivity contribution in [2.24, 2.45) is 0 Å². The lowest BCUT2D eigenvalue weighted by Crippen LogP contribution is -2.31. The first kappa shape index (κ1) is 21.1. The molecule has 0 fully saturated rings. The van der Waals surface area contributed by atoms with Crippen LogP contribution in [0, 0.1) is 0 Å². The molecule has 0 aliphatic heterocycles. The van der Waals surface area contributed by atoms with Crippen LogP contribution in [-0.2, 0) is 0 Å². The second kappa shape index (κ2) is 8.20. The number of nitrogens with zero attached hydrogens (tertiary/aromatic N) is 5. The molecule has 1 N–H and O–H groups in total. The Labute approximate surface area is 211 Å². The fraction of sp³-hybridized carbons (Fsp3) is 0.0333. The highest BCUT2D eigenvalue weighted by atomic mass is 16.2. The van der Waals surface area contributed by atoms with Gasteiger partial charge in [-0.3, -0.25) is 14.9 Å². The zero-order chi connectivity index (χ0) is 24.9. The lowest BCUT2D eigenvalue weighted by molar-refractivity contribution is 0.258. The first-order chi connectivity index (χ1) is 18.2. The van der Waals surface area contributed by atoms with Crippen molar-refractivity contribution in [3.8, 4) is 0 Å². The molecule has 0 atom stereocenters. The molecule has 176 valence electrons. The van der Waals surface area contributed by atoms with Crippen molar-refractivity contribution in [2.75, 3.05) is 17.3 Å². The second-order valence-corrected chi connectivity index (χ2v) is 8.94. The third kappa shape index (κ3) is 3.48. The zero-order valence-electron chi connectivity index (χ0n) is 19.9. The summed E-state index contributed by atoms with van der Waals surface area (Å²) in [6, 6.07) is 27.2. The Hall–Kier alpha value is -5.17. The van der Waals surface area contributed by atoms with Crippen molar-refractivity contribution in [2.45, 2.75) is 0 Å². The Bertz CT molecular complexity index is 2020. The van der Waals surface area contributed by atoms with Crippen molar-refractivity contribution in [1.82, 2.24) is 19.9 Å². The van der Waals surface area contributed by atoms with Crippen LogP contribution in [0.1, 0.15) is 0 Å². The van der Waals surface area contributed by atoms with Gasteiger partial charge in [-0.25, -0.2) is 14.8 Å². The minimum atomic E-state index is -0.241. The standard InChI is InChI=1S/C30H20N6O/c1-36(21-12-10-18-6-2-3-7-19(18)16-21)30(37)33-20-11-13-24-25(17-20)35-29-23-9-5-15-32-27(23)26-22(28(29)34-24)8-4-14-31-26/h2-17H,1H3,(H,33,37). The van der Waals surface area contributed by atoms with Gasteiger partial charge in [0.15, 0.2) is 0 Å². The van der Waals surface area contributed by atoms with E-state index in [-0.39, 0.29) is 6.03 Å². The quantitative estimate of drug-likeness (QED) is 0.220. The molecule has 3 aromatic heterocycles. The molecule has 7 nitrogen and oxygen atoms in total. The average Bonchev–Trinajstić information content (AvgIpc) is 2.95. The molecule has 2 amide bonds. The zero-order valence-corrected chi connectivity index (χ0v) is 19.9. The van der Waals surface area contributed by atoms with Crippen LogP contribution in [0.3, 0.4) is 0 Å². The van der Waals surface area contributed by atoms with E-state index in [2.05, 4.69) is 21.4 Å². The van der Waals surface area contributed by atoms with Gasteiger partial charge in [-0.1, -0.05) is 30.3 Å². The number of carbonyl (C=O) groups is 1. The smallest absolute Gasteiger partial charge is 0.307 e. The molecule has 0 saturated carbocycles. The monoisotopic (exact) mass is 480 g/mol. The first-order valence-corrected chi connectivity index (χ1v) is 11.9. The minimum absolute atomic E-state index is 0.241. The Morgan fingerprint density at radius 2 is 1.35 bits per heavy atom. The summed E-state index contributed by atoms with van der Waals surface area (Å²) in [5.74, 6) is 0. The molecule has 4 aromatic carbocycles. The number of carbonyl (C=O) groups excluding carboxylic acids is 1. The largest absolute Gasteiger partial charge is 0.326 e. The number of amides is 2. The SMILES string of the molecule is CN(C(=O)Nc1ccc2nc3c4cccnc4c4ncccc4c3nc2c1)c1ccc2ccccc2c1. The van der Waals surface area contributed by atoms with Crippen LogP contribution in [0.15, 0.2) is 97.3 Å². The lowest BCUT2D eigenvalue weighted by atomic mass is 10.1. The maximum Gasteiger partial charge on any atom is 0.326 e. The minimum Gasteiger partial charge on any atom is -0.307 e. The van der Waals surface area contributed by atoms with Crippen molar-refractivity contribution in [3.63, 3.8) is 0 Å². The molecule has 0 aliphatic rings. The van der Waals surface area contributed by atoms with Crippen molar-refractivity contribution in [3.05, 3.63) is 97.3 Å². The molecule has 7 rings (SSSR count). The molecular weight excluding hydrogens is 460 g/mol.